The van der Waals surface area contributed by atoms with Crippen LogP contribution in [-0.4, -0.2) is 154 Å². The second-order valence-electron chi connectivity index (χ2n) is 19.7. The summed E-state index contributed by atoms with van der Waals surface area (Å²) in [7, 11) is 1.45. The monoisotopic (exact) mass is 893 g/mol. The van der Waals surface area contributed by atoms with Crippen molar-refractivity contribution in [1.82, 2.24) is 20.0 Å². The zero-order valence-corrected chi connectivity index (χ0v) is 38.1. The number of esters is 1. The van der Waals surface area contributed by atoms with Crippen LogP contribution in [-0.2, 0) is 38.3 Å². The van der Waals surface area contributed by atoms with Crippen LogP contribution in [0.15, 0.2) is 0 Å². The van der Waals surface area contributed by atoms with Gasteiger partial charge >= 0.3 is 35.8 Å². The largest absolute Gasteiger partial charge is 0.481 e. The zero-order valence-electron chi connectivity index (χ0n) is 38.1. The minimum atomic E-state index is -1.17. The molecule has 4 aliphatic carbocycles. The van der Waals surface area contributed by atoms with Crippen LogP contribution in [0, 0.1) is 46.3 Å². The second kappa shape index (κ2) is 23.9. The summed E-state index contributed by atoms with van der Waals surface area (Å²) in [6.45, 7) is 7.96. The van der Waals surface area contributed by atoms with Crippen molar-refractivity contribution in [1.29, 1.82) is 0 Å². The third-order valence-electron chi connectivity index (χ3n) is 16.2. The summed E-state index contributed by atoms with van der Waals surface area (Å²) < 4.78 is 4.93. The minimum absolute atomic E-state index is 0.0130. The number of amides is 1. The lowest BCUT2D eigenvalue weighted by atomic mass is 9.44. The molecule has 10 atom stereocenters. The van der Waals surface area contributed by atoms with Crippen molar-refractivity contribution in [2.75, 3.05) is 59.5 Å². The number of nitrogens with one attached hydrogen (secondary N) is 1. The Balaban J connectivity index is 1.38. The minimum Gasteiger partial charge on any atom is -0.481 e. The summed E-state index contributed by atoms with van der Waals surface area (Å²) in [5.74, 6) is -2.21. The quantitative estimate of drug-likeness (QED) is 0.0580. The SMILES string of the molecule is COC(=O)CC[C@@H](C)[C@H]1CC[C@H]2[C@@H]3CC[C@@H]4C[C@@H](NC(=O)CC[C@@H](C(=O)O)N(CCN(CCC(=O)O)CCC(=O)O)CCN(CCC(=O)O)CCC(=O)O)CC[C@]4(C)[C@H]3CC[C@]12C. The average molecular weight is 893 g/mol. The maximum atomic E-state index is 13.6. The Labute approximate surface area is 372 Å². The molecule has 0 unspecified atom stereocenters. The number of carbonyl (C=O) groups is 7. The van der Waals surface area contributed by atoms with E-state index in [9.17, 15) is 59.1 Å². The predicted octanol–water partition coefficient (Wildman–Crippen LogP) is 4.76. The van der Waals surface area contributed by atoms with Gasteiger partial charge in [-0.1, -0.05) is 20.8 Å². The van der Waals surface area contributed by atoms with Gasteiger partial charge in [0.15, 0.2) is 0 Å². The summed E-state index contributed by atoms with van der Waals surface area (Å²) in [4.78, 5) is 88.8. The molecule has 63 heavy (non-hydrogen) atoms. The van der Waals surface area contributed by atoms with Crippen LogP contribution in [0.2, 0.25) is 0 Å². The highest BCUT2D eigenvalue weighted by Crippen LogP contribution is 2.68. The van der Waals surface area contributed by atoms with Gasteiger partial charge in [0.05, 0.1) is 32.8 Å². The molecule has 358 valence electrons. The van der Waals surface area contributed by atoms with E-state index in [-0.39, 0.29) is 120 Å². The first kappa shape index (κ1) is 51.8. The molecule has 4 saturated carbocycles. The fraction of sp³-hybridized carbons (Fsp3) is 0.848. The van der Waals surface area contributed by atoms with E-state index < -0.39 is 35.9 Å². The van der Waals surface area contributed by atoms with Gasteiger partial charge in [0.25, 0.3) is 0 Å². The molecule has 0 spiro atoms. The first-order valence-corrected chi connectivity index (χ1v) is 23.4. The fourth-order valence-electron chi connectivity index (χ4n) is 12.7. The van der Waals surface area contributed by atoms with E-state index in [1.165, 1.54) is 39.2 Å². The summed E-state index contributed by atoms with van der Waals surface area (Å²) >= 11 is 0. The van der Waals surface area contributed by atoms with Crippen molar-refractivity contribution in [3.8, 4) is 0 Å². The maximum Gasteiger partial charge on any atom is 0.320 e. The van der Waals surface area contributed by atoms with Crippen molar-refractivity contribution < 1.29 is 63.8 Å². The first-order valence-electron chi connectivity index (χ1n) is 23.4. The number of methoxy groups -OCH3 is 1. The maximum absolute atomic E-state index is 13.6. The molecular weight excluding hydrogens is 817 g/mol. The number of nitrogens with zero attached hydrogens (tertiary/aromatic N) is 3. The molecular formula is C46H76N4O13. The Kier molecular flexibility index (Phi) is 19.7. The molecule has 1 amide bonds. The van der Waals surface area contributed by atoms with Crippen molar-refractivity contribution >= 4 is 41.7 Å². The second-order valence-corrected chi connectivity index (χ2v) is 19.7. The van der Waals surface area contributed by atoms with Crippen molar-refractivity contribution in [3.63, 3.8) is 0 Å². The lowest BCUT2D eigenvalue weighted by molar-refractivity contribution is -0.144. The van der Waals surface area contributed by atoms with Gasteiger partial charge in [0.2, 0.25) is 5.91 Å². The molecule has 4 aliphatic rings. The van der Waals surface area contributed by atoms with Crippen LogP contribution in [0.1, 0.15) is 130 Å². The highest BCUT2D eigenvalue weighted by Gasteiger charge is 2.60. The molecule has 0 aromatic carbocycles. The van der Waals surface area contributed by atoms with Gasteiger partial charge in [-0.05, 0) is 117 Å². The van der Waals surface area contributed by atoms with Crippen LogP contribution >= 0.6 is 0 Å². The van der Waals surface area contributed by atoms with Crippen LogP contribution in [0.5, 0.6) is 0 Å². The highest BCUT2D eigenvalue weighted by molar-refractivity contribution is 5.78. The number of hydrogen-bond acceptors (Lipinski definition) is 11. The Hall–Kier alpha value is -3.83. The number of ether oxygens (including phenoxy) is 1. The van der Waals surface area contributed by atoms with E-state index in [1.54, 1.807) is 14.7 Å². The van der Waals surface area contributed by atoms with E-state index in [0.717, 1.165) is 32.1 Å². The molecule has 4 fully saturated rings. The van der Waals surface area contributed by atoms with Gasteiger partial charge in [0.1, 0.15) is 6.04 Å². The van der Waals surface area contributed by atoms with Gasteiger partial charge in [-0.25, -0.2) is 0 Å². The van der Waals surface area contributed by atoms with Gasteiger partial charge in [-0.3, -0.25) is 38.5 Å². The Morgan fingerprint density at radius 1 is 0.619 bits per heavy atom. The summed E-state index contributed by atoms with van der Waals surface area (Å²) in [5.41, 5.74) is 0.481. The number of carboxylic acids is 5. The first-order chi connectivity index (χ1) is 29.8. The molecule has 4 rings (SSSR count). The van der Waals surface area contributed by atoms with Gasteiger partial charge < -0.3 is 45.4 Å². The number of hydrogen-bond donors (Lipinski definition) is 6. The molecule has 0 saturated heterocycles. The third-order valence-corrected chi connectivity index (χ3v) is 16.2. The number of aliphatic carboxylic acids is 5. The molecule has 0 aromatic rings. The summed E-state index contributed by atoms with van der Waals surface area (Å²) in [6, 6.07) is -1.16. The van der Waals surface area contributed by atoms with Crippen molar-refractivity contribution in [2.45, 2.75) is 142 Å². The lowest BCUT2D eigenvalue weighted by Crippen LogP contribution is -2.55. The molecule has 17 nitrogen and oxygen atoms in total. The van der Waals surface area contributed by atoms with Crippen molar-refractivity contribution in [3.05, 3.63) is 0 Å². The van der Waals surface area contributed by atoms with Crippen LogP contribution < -0.4 is 5.32 Å². The van der Waals surface area contributed by atoms with Crippen molar-refractivity contribution in [2.24, 2.45) is 46.3 Å². The van der Waals surface area contributed by atoms with Crippen LogP contribution in [0.4, 0.5) is 0 Å². The highest BCUT2D eigenvalue weighted by atomic mass is 16.5. The predicted molar refractivity (Wildman–Crippen MR) is 232 cm³/mol. The summed E-state index contributed by atoms with van der Waals surface area (Å²) in [5, 5.41) is 50.9. The van der Waals surface area contributed by atoms with E-state index >= 15 is 0 Å². The van der Waals surface area contributed by atoms with Crippen LogP contribution in [0.25, 0.3) is 0 Å². The standard InChI is InChI=1S/C46H76N4O13/c1-30(5-12-43(60)63-4)34-8-9-35-33-7-6-31-29-32(13-19-45(31,2)36(33)14-20-46(34,35)3)47-38(51)11-10-37(44(61)62)50(27-25-48(21-15-39(52)53)22-16-40(54)55)28-26-49(23-17-41(56)57)24-18-42(58)59/h30-37H,5-29H2,1-4H3,(H,47,51)(H,52,53)(H,54,55)(H,56,57)(H,58,59)(H,61,62)/t30-,31-,32+,33+,34-,35+,36+,37+,45+,46-/m1/s1. The smallest absolute Gasteiger partial charge is 0.320 e. The lowest BCUT2D eigenvalue weighted by Gasteiger charge is -2.61. The fourth-order valence-corrected chi connectivity index (χ4v) is 12.7. The average Bonchev–Trinajstić information content (AvgIpc) is 3.58. The zero-order chi connectivity index (χ0) is 46.5. The van der Waals surface area contributed by atoms with E-state index in [2.05, 4.69) is 26.1 Å². The molecule has 0 radical (unpaired) electrons. The van der Waals surface area contributed by atoms with E-state index in [1.807, 2.05) is 0 Å². The Bertz CT molecular complexity index is 1520. The van der Waals surface area contributed by atoms with Gasteiger partial charge in [-0.15, -0.1) is 0 Å². The molecule has 6 N–H and O–H groups in total. The molecule has 17 heteroatoms. The number of carbonyl (C=O) groups excluding carboxylic acids is 2. The molecule has 0 aromatic heterocycles. The molecule has 0 aliphatic heterocycles. The number of rotatable bonds is 28. The van der Waals surface area contributed by atoms with Gasteiger partial charge in [-0.2, -0.15) is 0 Å². The number of carboxylic acid groups (broad SMARTS) is 5. The molecule has 0 heterocycles. The Morgan fingerprint density at radius 3 is 1.65 bits per heavy atom. The van der Waals surface area contributed by atoms with E-state index in [0.29, 0.717) is 41.9 Å². The Morgan fingerprint density at radius 2 is 1.14 bits per heavy atom. The van der Waals surface area contributed by atoms with E-state index in [4.69, 9.17) is 4.74 Å². The normalized spacial score (nSPS) is 28.7. The third kappa shape index (κ3) is 14.6. The van der Waals surface area contributed by atoms with Gasteiger partial charge in [0, 0.05) is 71.2 Å². The topological polar surface area (TPSA) is 252 Å². The number of fused-ring (bicyclic) bond motifs is 5. The summed E-state index contributed by atoms with van der Waals surface area (Å²) in [6.07, 6.45) is 10.2. The van der Waals surface area contributed by atoms with Crippen LogP contribution in [0.3, 0.4) is 0 Å². The molecule has 0 bridgehead atoms.